The van der Waals surface area contributed by atoms with E-state index in [1.54, 1.807) is 5.92 Å². The SMILES string of the molecule is C1=CCC([C]2CCCCCC2)N=CC1. The van der Waals surface area contributed by atoms with Gasteiger partial charge in [-0.05, 0) is 19.3 Å². The minimum atomic E-state index is 0.520. The topological polar surface area (TPSA) is 12.4 Å². The summed E-state index contributed by atoms with van der Waals surface area (Å²) in [7, 11) is 0. The van der Waals surface area contributed by atoms with E-state index >= 15 is 0 Å². The molecular weight excluding hydrogens is 170 g/mol. The molecule has 1 aliphatic heterocycles. The number of rotatable bonds is 1. The molecule has 2 rings (SSSR count). The molecule has 1 heterocycles. The van der Waals surface area contributed by atoms with Crippen molar-refractivity contribution in [1.29, 1.82) is 0 Å². The summed E-state index contributed by atoms with van der Waals surface area (Å²) in [4.78, 5) is 4.66. The second-order valence-corrected chi connectivity index (χ2v) is 4.36. The quantitative estimate of drug-likeness (QED) is 0.441. The van der Waals surface area contributed by atoms with E-state index in [0.717, 1.165) is 12.8 Å². The lowest BCUT2D eigenvalue weighted by Gasteiger charge is -2.20. The molecule has 1 unspecified atom stereocenters. The second kappa shape index (κ2) is 5.33. The lowest BCUT2D eigenvalue weighted by molar-refractivity contribution is 0.590. The van der Waals surface area contributed by atoms with Crippen molar-refractivity contribution in [3.05, 3.63) is 18.1 Å². The molecule has 0 aromatic heterocycles. The molecule has 77 valence electrons. The third kappa shape index (κ3) is 2.70. The normalized spacial score (nSPS) is 29.9. The predicted octanol–water partition coefficient (Wildman–Crippen LogP) is 3.70. The Labute approximate surface area is 87.3 Å². The molecule has 0 saturated heterocycles. The molecule has 1 saturated carbocycles. The number of aliphatic imine (C=N–C) groups is 1. The summed E-state index contributed by atoms with van der Waals surface area (Å²) in [6.45, 7) is 0. The largest absolute Gasteiger partial charge is 0.293 e. The van der Waals surface area contributed by atoms with E-state index < -0.39 is 0 Å². The van der Waals surface area contributed by atoms with Gasteiger partial charge >= 0.3 is 0 Å². The molecule has 2 aliphatic rings. The summed E-state index contributed by atoms with van der Waals surface area (Å²) < 4.78 is 0. The Kier molecular flexibility index (Phi) is 3.79. The Morgan fingerprint density at radius 1 is 1.00 bits per heavy atom. The Balaban J connectivity index is 1.93. The van der Waals surface area contributed by atoms with Crippen LogP contribution in [0.15, 0.2) is 17.1 Å². The van der Waals surface area contributed by atoms with Crippen LogP contribution in [0.1, 0.15) is 51.4 Å². The zero-order valence-electron chi connectivity index (χ0n) is 8.91. The van der Waals surface area contributed by atoms with Crippen molar-refractivity contribution < 1.29 is 0 Å². The van der Waals surface area contributed by atoms with Crippen LogP contribution in [0.5, 0.6) is 0 Å². The maximum atomic E-state index is 4.66. The highest BCUT2D eigenvalue weighted by molar-refractivity contribution is 5.60. The molecule has 1 radical (unpaired) electrons. The van der Waals surface area contributed by atoms with Crippen molar-refractivity contribution in [3.63, 3.8) is 0 Å². The van der Waals surface area contributed by atoms with Crippen LogP contribution < -0.4 is 0 Å². The van der Waals surface area contributed by atoms with Gasteiger partial charge in [-0.15, -0.1) is 0 Å². The molecule has 1 atom stereocenters. The van der Waals surface area contributed by atoms with Crippen LogP contribution in [0.4, 0.5) is 0 Å². The van der Waals surface area contributed by atoms with Gasteiger partial charge in [0.05, 0.1) is 6.04 Å². The molecule has 0 amide bonds. The maximum Gasteiger partial charge on any atom is 0.0592 e. The van der Waals surface area contributed by atoms with Gasteiger partial charge < -0.3 is 0 Å². The summed E-state index contributed by atoms with van der Waals surface area (Å²) in [6, 6.07) is 0.520. The van der Waals surface area contributed by atoms with E-state index in [2.05, 4.69) is 23.4 Å². The molecule has 1 heteroatoms. The molecule has 0 aromatic rings. The average molecular weight is 190 g/mol. The number of hydrogen-bond acceptors (Lipinski definition) is 1. The summed E-state index contributed by atoms with van der Waals surface area (Å²) in [5.41, 5.74) is 0. The molecular formula is C13H20N. The number of hydrogen-bond donors (Lipinski definition) is 0. The van der Waals surface area contributed by atoms with Gasteiger partial charge in [-0.1, -0.05) is 37.8 Å². The molecule has 0 aromatic carbocycles. The van der Waals surface area contributed by atoms with E-state index in [1.807, 2.05) is 0 Å². The van der Waals surface area contributed by atoms with Crippen molar-refractivity contribution in [2.45, 2.75) is 57.4 Å². The van der Waals surface area contributed by atoms with Gasteiger partial charge in [-0.3, -0.25) is 4.99 Å². The van der Waals surface area contributed by atoms with E-state index in [1.165, 1.54) is 38.5 Å². The van der Waals surface area contributed by atoms with Crippen molar-refractivity contribution in [2.24, 2.45) is 4.99 Å². The molecule has 1 fully saturated rings. The first-order valence-corrected chi connectivity index (χ1v) is 5.98. The fourth-order valence-electron chi connectivity index (χ4n) is 2.42. The smallest absolute Gasteiger partial charge is 0.0592 e. The minimum Gasteiger partial charge on any atom is -0.293 e. The third-order valence-corrected chi connectivity index (χ3v) is 3.27. The van der Waals surface area contributed by atoms with Crippen LogP contribution in [0.25, 0.3) is 0 Å². The van der Waals surface area contributed by atoms with E-state index in [-0.39, 0.29) is 0 Å². The third-order valence-electron chi connectivity index (χ3n) is 3.27. The van der Waals surface area contributed by atoms with Crippen LogP contribution in [-0.2, 0) is 0 Å². The Bertz CT molecular complexity index is 209. The standard InChI is InChI=1S/C13H20N/c1-2-5-9-12(8-4-1)13-10-6-3-7-11-14-13/h3,6,11,13H,1-2,4-5,7-10H2. The van der Waals surface area contributed by atoms with Gasteiger partial charge in [-0.25, -0.2) is 0 Å². The number of allylic oxidation sites excluding steroid dienone is 1. The van der Waals surface area contributed by atoms with Gasteiger partial charge in [0.1, 0.15) is 0 Å². The highest BCUT2D eigenvalue weighted by Crippen LogP contribution is 2.31. The van der Waals surface area contributed by atoms with Crippen molar-refractivity contribution in [1.82, 2.24) is 0 Å². The zero-order chi connectivity index (χ0) is 9.64. The zero-order valence-corrected chi connectivity index (χ0v) is 8.91. The van der Waals surface area contributed by atoms with Crippen molar-refractivity contribution in [2.75, 3.05) is 0 Å². The van der Waals surface area contributed by atoms with Gasteiger partial charge in [0.2, 0.25) is 0 Å². The summed E-state index contributed by atoms with van der Waals surface area (Å²) in [5, 5.41) is 0. The molecule has 1 aliphatic carbocycles. The highest BCUT2D eigenvalue weighted by Gasteiger charge is 2.21. The van der Waals surface area contributed by atoms with Gasteiger partial charge in [0.25, 0.3) is 0 Å². The van der Waals surface area contributed by atoms with Crippen LogP contribution in [0.2, 0.25) is 0 Å². The van der Waals surface area contributed by atoms with Crippen LogP contribution in [0, 0.1) is 5.92 Å². The monoisotopic (exact) mass is 190 g/mol. The Morgan fingerprint density at radius 3 is 2.57 bits per heavy atom. The first-order chi connectivity index (χ1) is 6.97. The fourth-order valence-corrected chi connectivity index (χ4v) is 2.42. The predicted molar refractivity (Wildman–Crippen MR) is 61.6 cm³/mol. The lowest BCUT2D eigenvalue weighted by Crippen LogP contribution is -2.15. The van der Waals surface area contributed by atoms with Gasteiger partial charge in [0.15, 0.2) is 0 Å². The maximum absolute atomic E-state index is 4.66. The van der Waals surface area contributed by atoms with E-state index in [0.29, 0.717) is 6.04 Å². The first kappa shape index (κ1) is 9.95. The summed E-state index contributed by atoms with van der Waals surface area (Å²) in [6.07, 6.45) is 17.1. The molecule has 14 heavy (non-hydrogen) atoms. The van der Waals surface area contributed by atoms with Crippen LogP contribution >= 0.6 is 0 Å². The molecule has 0 spiro atoms. The number of nitrogens with zero attached hydrogens (tertiary/aromatic N) is 1. The van der Waals surface area contributed by atoms with Crippen LogP contribution in [-0.4, -0.2) is 12.3 Å². The second-order valence-electron chi connectivity index (χ2n) is 4.36. The van der Waals surface area contributed by atoms with Gasteiger partial charge in [0, 0.05) is 18.6 Å². The first-order valence-electron chi connectivity index (χ1n) is 5.98. The van der Waals surface area contributed by atoms with Crippen molar-refractivity contribution >= 4 is 6.21 Å². The molecule has 0 bridgehead atoms. The summed E-state index contributed by atoms with van der Waals surface area (Å²) >= 11 is 0. The van der Waals surface area contributed by atoms with Crippen LogP contribution in [0.3, 0.4) is 0 Å². The molecule has 0 N–H and O–H groups in total. The van der Waals surface area contributed by atoms with Gasteiger partial charge in [-0.2, -0.15) is 0 Å². The summed E-state index contributed by atoms with van der Waals surface area (Å²) in [5.74, 6) is 1.71. The lowest BCUT2D eigenvalue weighted by atomic mass is 9.90. The highest BCUT2D eigenvalue weighted by atomic mass is 14.8. The average Bonchev–Trinajstić information content (AvgIpc) is 2.62. The Hall–Kier alpha value is -0.590. The Morgan fingerprint density at radius 2 is 1.79 bits per heavy atom. The van der Waals surface area contributed by atoms with E-state index in [9.17, 15) is 0 Å². The molecule has 1 nitrogen and oxygen atoms in total. The fraction of sp³-hybridized carbons (Fsp3) is 0.692. The van der Waals surface area contributed by atoms with E-state index in [4.69, 9.17) is 0 Å². The van der Waals surface area contributed by atoms with Crippen molar-refractivity contribution in [3.8, 4) is 0 Å². The minimum absolute atomic E-state index is 0.520.